The lowest BCUT2D eigenvalue weighted by Crippen LogP contribution is -2.46. The van der Waals surface area contributed by atoms with Gasteiger partial charge in [0.1, 0.15) is 16.9 Å². The topological polar surface area (TPSA) is 56.1 Å². The highest BCUT2D eigenvalue weighted by Crippen LogP contribution is 2.29. The van der Waals surface area contributed by atoms with Gasteiger partial charge in [0.25, 0.3) is 0 Å². The molecule has 3 heterocycles. The zero-order valence-corrected chi connectivity index (χ0v) is 14.3. The van der Waals surface area contributed by atoms with Crippen LogP contribution >= 0.6 is 0 Å². The summed E-state index contributed by atoms with van der Waals surface area (Å²) in [5.41, 5.74) is 2.93. The van der Waals surface area contributed by atoms with E-state index in [1.54, 1.807) is 0 Å². The minimum atomic E-state index is 0.200. The van der Waals surface area contributed by atoms with E-state index < -0.39 is 0 Å². The van der Waals surface area contributed by atoms with Crippen LogP contribution < -0.4 is 4.90 Å². The van der Waals surface area contributed by atoms with Gasteiger partial charge >= 0.3 is 0 Å². The Bertz CT molecular complexity index is 683. The van der Waals surface area contributed by atoms with Crippen LogP contribution in [0.3, 0.4) is 0 Å². The number of nitrogens with zero attached hydrogens (tertiary/aromatic N) is 5. The van der Waals surface area contributed by atoms with Crippen molar-refractivity contribution in [2.75, 3.05) is 18.0 Å². The van der Waals surface area contributed by atoms with Crippen LogP contribution in [0.2, 0.25) is 0 Å². The van der Waals surface area contributed by atoms with E-state index in [9.17, 15) is 0 Å². The zero-order chi connectivity index (χ0) is 16.0. The van der Waals surface area contributed by atoms with E-state index >= 15 is 0 Å². The maximum absolute atomic E-state index is 5.86. The fourth-order valence-corrected chi connectivity index (χ4v) is 3.16. The normalized spacial score (nSPS) is 22.8. The van der Waals surface area contributed by atoms with Crippen molar-refractivity contribution in [2.45, 2.75) is 52.7 Å². The van der Waals surface area contributed by atoms with E-state index in [1.807, 2.05) is 18.7 Å². The summed E-state index contributed by atoms with van der Waals surface area (Å²) < 4.78 is 7.75. The second-order valence-corrected chi connectivity index (χ2v) is 6.63. The van der Waals surface area contributed by atoms with Crippen LogP contribution in [0.5, 0.6) is 0 Å². The molecule has 0 spiro atoms. The molecular weight excluding hydrogens is 278 g/mol. The molecule has 0 unspecified atom stereocenters. The van der Waals surface area contributed by atoms with Crippen molar-refractivity contribution in [3.05, 3.63) is 11.5 Å². The summed E-state index contributed by atoms with van der Waals surface area (Å²) in [7, 11) is 1.96. The lowest BCUT2D eigenvalue weighted by atomic mass is 10.2. The van der Waals surface area contributed by atoms with Gasteiger partial charge in [-0.1, -0.05) is 13.8 Å². The molecule has 22 heavy (non-hydrogen) atoms. The molecule has 0 N–H and O–H groups in total. The van der Waals surface area contributed by atoms with Crippen molar-refractivity contribution < 1.29 is 4.74 Å². The summed E-state index contributed by atoms with van der Waals surface area (Å²) in [6.07, 6.45) is 0.399. The molecule has 120 valence electrons. The summed E-state index contributed by atoms with van der Waals surface area (Å²) in [5, 5.41) is 4.54. The predicted octanol–water partition coefficient (Wildman–Crippen LogP) is 2.41. The molecule has 2 atom stereocenters. The molecule has 0 aliphatic carbocycles. The Morgan fingerprint density at radius 2 is 1.77 bits per heavy atom. The van der Waals surface area contributed by atoms with Gasteiger partial charge in [-0.05, 0) is 20.8 Å². The van der Waals surface area contributed by atoms with Gasteiger partial charge in [0, 0.05) is 26.1 Å². The van der Waals surface area contributed by atoms with Crippen LogP contribution in [0.25, 0.3) is 11.0 Å². The lowest BCUT2D eigenvalue weighted by molar-refractivity contribution is -0.00540. The molecule has 0 bridgehead atoms. The Kier molecular flexibility index (Phi) is 3.80. The molecular formula is C16H25N5O. The number of fused-ring (bicyclic) bond motifs is 1. The summed E-state index contributed by atoms with van der Waals surface area (Å²) in [4.78, 5) is 11.9. The van der Waals surface area contributed by atoms with Gasteiger partial charge in [-0.25, -0.2) is 9.97 Å². The highest BCUT2D eigenvalue weighted by atomic mass is 16.5. The second kappa shape index (κ2) is 5.50. The van der Waals surface area contributed by atoms with E-state index in [1.165, 1.54) is 0 Å². The van der Waals surface area contributed by atoms with Gasteiger partial charge < -0.3 is 9.64 Å². The van der Waals surface area contributed by atoms with Crippen LogP contribution in [-0.4, -0.2) is 45.0 Å². The van der Waals surface area contributed by atoms with Crippen molar-refractivity contribution in [1.82, 2.24) is 19.7 Å². The first-order valence-corrected chi connectivity index (χ1v) is 7.98. The van der Waals surface area contributed by atoms with Crippen molar-refractivity contribution in [1.29, 1.82) is 0 Å². The maximum Gasteiger partial charge on any atom is 0.158 e. The van der Waals surface area contributed by atoms with Crippen LogP contribution in [0, 0.1) is 6.92 Å². The minimum absolute atomic E-state index is 0.200. The Morgan fingerprint density at radius 3 is 2.36 bits per heavy atom. The number of aryl methyl sites for hydroxylation is 2. The first kappa shape index (κ1) is 15.2. The van der Waals surface area contributed by atoms with Crippen LogP contribution in [-0.2, 0) is 11.8 Å². The molecule has 1 fully saturated rings. The first-order valence-electron chi connectivity index (χ1n) is 7.98. The highest BCUT2D eigenvalue weighted by Gasteiger charge is 2.27. The Labute approximate surface area is 131 Å². The highest BCUT2D eigenvalue weighted by molar-refractivity contribution is 5.88. The van der Waals surface area contributed by atoms with Gasteiger partial charge in [0.15, 0.2) is 5.82 Å². The smallest absolute Gasteiger partial charge is 0.158 e. The average Bonchev–Trinajstić information content (AvgIpc) is 2.72. The number of hydrogen-bond acceptors (Lipinski definition) is 5. The third-order valence-corrected chi connectivity index (χ3v) is 4.08. The lowest BCUT2D eigenvalue weighted by Gasteiger charge is -2.36. The van der Waals surface area contributed by atoms with Crippen molar-refractivity contribution in [3.8, 4) is 0 Å². The van der Waals surface area contributed by atoms with Crippen LogP contribution in [0.15, 0.2) is 0 Å². The first-order chi connectivity index (χ1) is 10.4. The van der Waals surface area contributed by atoms with E-state index in [0.29, 0.717) is 5.92 Å². The van der Waals surface area contributed by atoms with Crippen LogP contribution in [0.1, 0.15) is 45.1 Å². The molecule has 1 saturated heterocycles. The van der Waals surface area contributed by atoms with E-state index in [4.69, 9.17) is 14.7 Å². The summed E-state index contributed by atoms with van der Waals surface area (Å²) >= 11 is 0. The van der Waals surface area contributed by atoms with Gasteiger partial charge in [-0.3, -0.25) is 4.68 Å². The van der Waals surface area contributed by atoms with Gasteiger partial charge in [0.2, 0.25) is 0 Å². The summed E-state index contributed by atoms with van der Waals surface area (Å²) in [5.74, 6) is 2.16. The number of morpholine rings is 1. The molecule has 0 saturated carbocycles. The monoisotopic (exact) mass is 303 g/mol. The fourth-order valence-electron chi connectivity index (χ4n) is 3.16. The largest absolute Gasteiger partial charge is 0.372 e. The molecule has 3 rings (SSSR count). The van der Waals surface area contributed by atoms with Crippen molar-refractivity contribution in [3.63, 3.8) is 0 Å². The maximum atomic E-state index is 5.86. The number of hydrogen-bond donors (Lipinski definition) is 0. The molecule has 0 radical (unpaired) electrons. The van der Waals surface area contributed by atoms with Gasteiger partial charge in [-0.2, -0.15) is 5.10 Å². The summed E-state index contributed by atoms with van der Waals surface area (Å²) in [6, 6.07) is 0. The SMILES string of the molecule is Cc1nn(C)c2c(N3C[C@H](C)O[C@@H](C)C3)nc(C(C)C)nc12. The number of ether oxygens (including phenoxy) is 1. The Morgan fingerprint density at radius 1 is 1.14 bits per heavy atom. The molecule has 1 aliphatic heterocycles. The standard InChI is InChI=1S/C16H25N5O/c1-9(2)15-17-13-12(5)19-20(6)14(13)16(18-15)21-7-10(3)22-11(4)8-21/h9-11H,7-8H2,1-6H3/t10-,11-/m0/s1. The molecule has 2 aromatic heterocycles. The van der Waals surface area contributed by atoms with E-state index in [-0.39, 0.29) is 12.2 Å². The number of rotatable bonds is 2. The van der Waals surface area contributed by atoms with E-state index in [2.05, 4.69) is 37.7 Å². The fraction of sp³-hybridized carbons (Fsp3) is 0.688. The predicted molar refractivity (Wildman–Crippen MR) is 87.4 cm³/mol. The Balaban J connectivity index is 2.18. The molecule has 0 amide bonds. The molecule has 6 heteroatoms. The van der Waals surface area contributed by atoms with Crippen molar-refractivity contribution >= 4 is 16.9 Å². The quantitative estimate of drug-likeness (QED) is 0.852. The molecule has 1 aliphatic rings. The summed E-state index contributed by atoms with van der Waals surface area (Å²) in [6.45, 7) is 12.2. The third kappa shape index (κ3) is 2.56. The molecule has 0 aromatic carbocycles. The van der Waals surface area contributed by atoms with Gasteiger partial charge in [0.05, 0.1) is 17.9 Å². The van der Waals surface area contributed by atoms with Crippen molar-refractivity contribution in [2.24, 2.45) is 7.05 Å². The Hall–Kier alpha value is -1.69. The van der Waals surface area contributed by atoms with Gasteiger partial charge in [-0.15, -0.1) is 0 Å². The van der Waals surface area contributed by atoms with Crippen LogP contribution in [0.4, 0.5) is 5.82 Å². The molecule has 6 nitrogen and oxygen atoms in total. The third-order valence-electron chi connectivity index (χ3n) is 4.08. The number of aromatic nitrogens is 4. The zero-order valence-electron chi connectivity index (χ0n) is 14.3. The molecule has 2 aromatic rings. The van der Waals surface area contributed by atoms with E-state index in [0.717, 1.165) is 41.5 Å². The average molecular weight is 303 g/mol. The second-order valence-electron chi connectivity index (χ2n) is 6.63. The number of anilines is 1. The minimum Gasteiger partial charge on any atom is -0.372 e.